The molecule has 2 aromatic heterocycles. The fourth-order valence-electron chi connectivity index (χ4n) is 4.87. The fourth-order valence-corrected chi connectivity index (χ4v) is 4.87. The quantitative estimate of drug-likeness (QED) is 0.659. The van der Waals surface area contributed by atoms with Crippen molar-refractivity contribution in [2.24, 2.45) is 4.99 Å². The fraction of sp³-hybridized carbons (Fsp3) is 0.478. The molecule has 1 saturated heterocycles. The van der Waals surface area contributed by atoms with E-state index in [-0.39, 0.29) is 5.91 Å². The van der Waals surface area contributed by atoms with E-state index in [4.69, 9.17) is 0 Å². The molecular formula is C23H29N7O2. The molecule has 0 bridgehead atoms. The van der Waals surface area contributed by atoms with E-state index in [0.29, 0.717) is 35.7 Å². The number of nitrogens with one attached hydrogen (secondary N) is 2. The monoisotopic (exact) mass is 435 g/mol. The highest BCUT2D eigenvalue weighted by molar-refractivity contribution is 5.96. The molecule has 168 valence electrons. The Hall–Kier alpha value is -3.04. The molecule has 3 atom stereocenters. The van der Waals surface area contributed by atoms with E-state index in [1.165, 1.54) is 6.42 Å². The number of fused-ring (bicyclic) bond motifs is 2. The van der Waals surface area contributed by atoms with Crippen LogP contribution in [0.2, 0.25) is 0 Å². The van der Waals surface area contributed by atoms with Gasteiger partial charge in [0.15, 0.2) is 12.0 Å². The van der Waals surface area contributed by atoms with Gasteiger partial charge in [0.2, 0.25) is 0 Å². The minimum atomic E-state index is -0.743. The predicted octanol–water partition coefficient (Wildman–Crippen LogP) is 1.92. The van der Waals surface area contributed by atoms with Gasteiger partial charge in [0.05, 0.1) is 23.3 Å². The maximum absolute atomic E-state index is 11.8. The van der Waals surface area contributed by atoms with Crippen molar-refractivity contribution in [2.75, 3.05) is 30.4 Å². The molecule has 9 heteroatoms. The first-order chi connectivity index (χ1) is 15.6. The highest BCUT2D eigenvalue weighted by atomic mass is 16.3. The number of pyridine rings is 2. The van der Waals surface area contributed by atoms with Crippen molar-refractivity contribution in [1.82, 2.24) is 20.2 Å². The number of carbonyl (C=O) groups is 1. The number of hydrogen-bond acceptors (Lipinski definition) is 8. The SMILES string of the molecule is CCC1=Nc2ncc(CN3CCN(c4ccc(C(=O)NC)nc4)[C@H]4CC[C@H]43)cc2NC1O. The second kappa shape index (κ2) is 8.48. The zero-order valence-corrected chi connectivity index (χ0v) is 18.5. The number of aliphatic imine (C=N–C) groups is 1. The van der Waals surface area contributed by atoms with Crippen LogP contribution in [0, 0.1) is 0 Å². The maximum atomic E-state index is 11.8. The second-order valence-electron chi connectivity index (χ2n) is 8.57. The first-order valence-corrected chi connectivity index (χ1v) is 11.3. The summed E-state index contributed by atoms with van der Waals surface area (Å²) in [6.07, 6.45) is 5.98. The van der Waals surface area contributed by atoms with Crippen LogP contribution in [0.5, 0.6) is 0 Å². The molecule has 3 N–H and O–H groups in total. The Labute approximate surface area is 187 Å². The number of aliphatic hydroxyl groups is 1. The van der Waals surface area contributed by atoms with Gasteiger partial charge in [-0.1, -0.05) is 6.92 Å². The van der Waals surface area contributed by atoms with Gasteiger partial charge in [-0.3, -0.25) is 9.69 Å². The molecule has 32 heavy (non-hydrogen) atoms. The Morgan fingerprint density at radius 1 is 1.22 bits per heavy atom. The molecule has 2 aliphatic heterocycles. The molecule has 9 nitrogen and oxygen atoms in total. The summed E-state index contributed by atoms with van der Waals surface area (Å²) in [7, 11) is 1.61. The van der Waals surface area contributed by atoms with Crippen molar-refractivity contribution in [1.29, 1.82) is 0 Å². The molecule has 4 heterocycles. The zero-order chi connectivity index (χ0) is 22.2. The summed E-state index contributed by atoms with van der Waals surface area (Å²) in [6, 6.07) is 6.79. The van der Waals surface area contributed by atoms with Crippen LogP contribution >= 0.6 is 0 Å². The van der Waals surface area contributed by atoms with Crippen molar-refractivity contribution in [3.8, 4) is 0 Å². The third-order valence-electron chi connectivity index (χ3n) is 6.77. The lowest BCUT2D eigenvalue weighted by atomic mass is 9.81. The predicted molar refractivity (Wildman–Crippen MR) is 123 cm³/mol. The Morgan fingerprint density at radius 2 is 2.06 bits per heavy atom. The van der Waals surface area contributed by atoms with Crippen molar-refractivity contribution in [3.63, 3.8) is 0 Å². The molecule has 0 radical (unpaired) electrons. The van der Waals surface area contributed by atoms with E-state index in [0.717, 1.165) is 43.0 Å². The lowest BCUT2D eigenvalue weighted by Gasteiger charge is -2.54. The third-order valence-corrected chi connectivity index (χ3v) is 6.77. The van der Waals surface area contributed by atoms with E-state index in [2.05, 4.69) is 41.5 Å². The van der Waals surface area contributed by atoms with Crippen LogP contribution in [-0.2, 0) is 6.54 Å². The van der Waals surface area contributed by atoms with Gasteiger partial charge in [-0.15, -0.1) is 0 Å². The number of rotatable bonds is 5. The van der Waals surface area contributed by atoms with E-state index in [1.54, 1.807) is 13.1 Å². The van der Waals surface area contributed by atoms with Crippen LogP contribution in [0.15, 0.2) is 35.6 Å². The molecule has 1 amide bonds. The lowest BCUT2D eigenvalue weighted by molar-refractivity contribution is 0.0658. The standard InChI is InChI=1S/C23H29N7O2/c1-3-16-23(32)28-18-10-14(11-26-21(18)27-16)13-29-8-9-30(20-7-6-19(20)29)15-4-5-17(25-12-15)22(31)24-2/h4-5,10-12,19-20,23,28,32H,3,6-9,13H2,1-2H3,(H,24,31)/t19-,20+,23?/m1/s1. The van der Waals surface area contributed by atoms with Gasteiger partial charge in [-0.25, -0.2) is 15.0 Å². The number of hydrogen-bond donors (Lipinski definition) is 3. The van der Waals surface area contributed by atoms with Crippen LogP contribution in [0.3, 0.4) is 0 Å². The second-order valence-corrected chi connectivity index (χ2v) is 8.57. The maximum Gasteiger partial charge on any atom is 0.269 e. The molecule has 2 fully saturated rings. The van der Waals surface area contributed by atoms with Crippen molar-refractivity contribution >= 4 is 28.8 Å². The highest BCUT2D eigenvalue weighted by Gasteiger charge is 2.43. The van der Waals surface area contributed by atoms with E-state index in [1.807, 2.05) is 25.4 Å². The Morgan fingerprint density at radius 3 is 2.75 bits per heavy atom. The number of aliphatic hydroxyl groups excluding tert-OH is 1. The molecule has 1 aliphatic carbocycles. The van der Waals surface area contributed by atoms with E-state index < -0.39 is 6.23 Å². The van der Waals surface area contributed by atoms with Gasteiger partial charge >= 0.3 is 0 Å². The molecule has 0 aromatic carbocycles. The number of piperazine rings is 1. The number of amides is 1. The summed E-state index contributed by atoms with van der Waals surface area (Å²) >= 11 is 0. The topological polar surface area (TPSA) is 106 Å². The van der Waals surface area contributed by atoms with Gasteiger partial charge in [-0.05, 0) is 43.0 Å². The summed E-state index contributed by atoms with van der Waals surface area (Å²) in [5, 5.41) is 15.9. The summed E-state index contributed by atoms with van der Waals surface area (Å²) in [6.45, 7) is 4.67. The molecule has 3 aliphatic rings. The largest absolute Gasteiger partial charge is 0.368 e. The number of carbonyl (C=O) groups excluding carboxylic acids is 1. The first kappa shape index (κ1) is 20.8. The minimum absolute atomic E-state index is 0.167. The van der Waals surface area contributed by atoms with E-state index >= 15 is 0 Å². The summed E-state index contributed by atoms with van der Waals surface area (Å²) in [5.41, 5.74) is 4.14. The van der Waals surface area contributed by atoms with Gasteiger partial charge < -0.3 is 20.6 Å². The summed E-state index contributed by atoms with van der Waals surface area (Å²) in [5.74, 6) is 0.482. The van der Waals surface area contributed by atoms with Crippen LogP contribution in [0.4, 0.5) is 17.2 Å². The van der Waals surface area contributed by atoms with Crippen LogP contribution in [0.1, 0.15) is 42.2 Å². The van der Waals surface area contributed by atoms with Crippen molar-refractivity contribution in [2.45, 2.75) is 51.0 Å². The minimum Gasteiger partial charge on any atom is -0.368 e. The average Bonchev–Trinajstić information content (AvgIpc) is 2.79. The van der Waals surface area contributed by atoms with Crippen LogP contribution < -0.4 is 15.5 Å². The number of nitrogens with zero attached hydrogens (tertiary/aromatic N) is 5. The zero-order valence-electron chi connectivity index (χ0n) is 18.5. The molecule has 1 unspecified atom stereocenters. The van der Waals surface area contributed by atoms with Gasteiger partial charge in [0.25, 0.3) is 5.91 Å². The van der Waals surface area contributed by atoms with Crippen LogP contribution in [0.25, 0.3) is 0 Å². The molecule has 5 rings (SSSR count). The highest BCUT2D eigenvalue weighted by Crippen LogP contribution is 2.37. The Bertz CT molecular complexity index is 1040. The Kier molecular flexibility index (Phi) is 5.52. The Balaban J connectivity index is 1.27. The smallest absolute Gasteiger partial charge is 0.269 e. The van der Waals surface area contributed by atoms with Gasteiger partial charge in [-0.2, -0.15) is 0 Å². The summed E-state index contributed by atoms with van der Waals surface area (Å²) in [4.78, 5) is 30.1. The van der Waals surface area contributed by atoms with E-state index in [9.17, 15) is 9.90 Å². The third kappa shape index (κ3) is 3.71. The van der Waals surface area contributed by atoms with Crippen molar-refractivity contribution < 1.29 is 9.90 Å². The molecule has 1 saturated carbocycles. The van der Waals surface area contributed by atoms with Crippen LogP contribution in [-0.4, -0.2) is 70.0 Å². The lowest BCUT2D eigenvalue weighted by Crippen LogP contribution is -2.64. The normalized spacial score (nSPS) is 24.5. The number of anilines is 2. The average molecular weight is 436 g/mol. The van der Waals surface area contributed by atoms with Gasteiger partial charge in [0.1, 0.15) is 5.69 Å². The number of aromatic nitrogens is 2. The summed E-state index contributed by atoms with van der Waals surface area (Å²) < 4.78 is 0. The van der Waals surface area contributed by atoms with Crippen molar-refractivity contribution in [3.05, 3.63) is 41.9 Å². The van der Waals surface area contributed by atoms with Gasteiger partial charge in [0, 0.05) is 45.0 Å². The first-order valence-electron chi connectivity index (χ1n) is 11.3. The molecule has 2 aromatic rings. The molecular weight excluding hydrogens is 406 g/mol. The molecule has 0 spiro atoms.